The number of hydrogen-bond acceptors (Lipinski definition) is 5. The van der Waals surface area contributed by atoms with Crippen LogP contribution in [0.25, 0.3) is 0 Å². The molecule has 0 fully saturated rings. The highest BCUT2D eigenvalue weighted by molar-refractivity contribution is 5.88. The Morgan fingerprint density at radius 3 is 2.56 bits per heavy atom. The number of likely N-dealkylation sites (N-methyl/N-ethyl adjacent to an activating group) is 1. The van der Waals surface area contributed by atoms with E-state index in [1.807, 2.05) is 0 Å². The van der Waals surface area contributed by atoms with Crippen molar-refractivity contribution in [3.8, 4) is 11.6 Å². The molecule has 7 nitrogen and oxygen atoms in total. The minimum atomic E-state index is -4.83. The Bertz CT molecular complexity index is 771. The van der Waals surface area contributed by atoms with Crippen molar-refractivity contribution in [1.82, 2.24) is 14.9 Å². The summed E-state index contributed by atoms with van der Waals surface area (Å²) in [7, 11) is 0. The van der Waals surface area contributed by atoms with Gasteiger partial charge >= 0.3 is 12.2 Å². The quantitative estimate of drug-likeness (QED) is 0.743. The van der Waals surface area contributed by atoms with Crippen LogP contribution in [0.2, 0.25) is 0 Å². The number of nitrogens with zero attached hydrogens (tertiary/aromatic N) is 3. The van der Waals surface area contributed by atoms with Crippen molar-refractivity contribution >= 4 is 11.8 Å². The molecule has 2 N–H and O–H groups in total. The van der Waals surface area contributed by atoms with Crippen LogP contribution in [0.3, 0.4) is 0 Å². The van der Waals surface area contributed by atoms with E-state index in [0.717, 1.165) is 17.3 Å². The first-order chi connectivity index (χ1) is 12.7. The van der Waals surface area contributed by atoms with E-state index in [9.17, 15) is 22.4 Å². The Balaban J connectivity index is 1.98. The summed E-state index contributed by atoms with van der Waals surface area (Å²) in [4.78, 5) is 20.5. The summed E-state index contributed by atoms with van der Waals surface area (Å²) >= 11 is 0. The maximum absolute atomic E-state index is 13.5. The summed E-state index contributed by atoms with van der Waals surface area (Å²) in [5, 5.41) is 11.3. The molecular formula is C16H16F4N4O3. The van der Waals surface area contributed by atoms with Crippen LogP contribution in [-0.2, 0) is 0 Å². The highest BCUT2D eigenvalue weighted by atomic mass is 19.4. The molecular weight excluding hydrogens is 372 g/mol. The van der Waals surface area contributed by atoms with E-state index >= 15 is 0 Å². The fourth-order valence-electron chi connectivity index (χ4n) is 1.93. The Morgan fingerprint density at radius 2 is 2.00 bits per heavy atom. The first kappa shape index (κ1) is 20.4. The van der Waals surface area contributed by atoms with Crippen molar-refractivity contribution in [3.05, 3.63) is 42.5 Å². The van der Waals surface area contributed by atoms with Gasteiger partial charge in [0.1, 0.15) is 0 Å². The van der Waals surface area contributed by atoms with E-state index in [0.29, 0.717) is 0 Å². The number of halogens is 4. The number of anilines is 1. The third-order valence-corrected chi connectivity index (χ3v) is 3.35. The van der Waals surface area contributed by atoms with Crippen LogP contribution >= 0.6 is 0 Å². The summed E-state index contributed by atoms with van der Waals surface area (Å²) in [5.74, 6) is -0.765. The number of carbonyl (C=O) groups is 1. The first-order valence-electron chi connectivity index (χ1n) is 7.75. The van der Waals surface area contributed by atoms with Gasteiger partial charge in [0.15, 0.2) is 23.5 Å². The number of benzene rings is 1. The SMILES string of the molecule is CCN(C[C@@H](O)C(F)(F)F)C(=O)Nc1cnc(Oc2ccccc2F)cn1. The minimum Gasteiger partial charge on any atom is -0.434 e. The number of aliphatic hydroxyl groups is 1. The van der Waals surface area contributed by atoms with E-state index < -0.39 is 30.7 Å². The summed E-state index contributed by atoms with van der Waals surface area (Å²) in [5.41, 5.74) is 0. The van der Waals surface area contributed by atoms with Crippen molar-refractivity contribution in [2.75, 3.05) is 18.4 Å². The van der Waals surface area contributed by atoms with Crippen molar-refractivity contribution in [2.24, 2.45) is 0 Å². The van der Waals surface area contributed by atoms with Crippen LogP contribution in [0.1, 0.15) is 6.92 Å². The lowest BCUT2D eigenvalue weighted by Gasteiger charge is -2.25. The van der Waals surface area contributed by atoms with Crippen molar-refractivity contribution in [1.29, 1.82) is 0 Å². The molecule has 0 unspecified atom stereocenters. The van der Waals surface area contributed by atoms with Crippen LogP contribution in [0, 0.1) is 5.82 Å². The number of carbonyl (C=O) groups excluding carboxylic acids is 1. The number of para-hydroxylation sites is 1. The number of urea groups is 1. The molecule has 2 aromatic rings. The molecule has 0 spiro atoms. The molecule has 1 aromatic carbocycles. The smallest absolute Gasteiger partial charge is 0.416 e. The lowest BCUT2D eigenvalue weighted by Crippen LogP contribution is -2.45. The number of alkyl halides is 3. The van der Waals surface area contributed by atoms with Gasteiger partial charge in [0.25, 0.3) is 0 Å². The number of hydrogen-bond donors (Lipinski definition) is 2. The zero-order chi connectivity index (χ0) is 20.0. The molecule has 27 heavy (non-hydrogen) atoms. The molecule has 0 radical (unpaired) electrons. The van der Waals surface area contributed by atoms with Gasteiger partial charge in [-0.05, 0) is 19.1 Å². The van der Waals surface area contributed by atoms with Gasteiger partial charge in [0.2, 0.25) is 5.88 Å². The normalized spacial score (nSPS) is 12.4. The van der Waals surface area contributed by atoms with Gasteiger partial charge in [-0.2, -0.15) is 13.2 Å². The molecule has 1 atom stereocenters. The second-order valence-electron chi connectivity index (χ2n) is 5.30. The van der Waals surface area contributed by atoms with Crippen molar-refractivity contribution < 1.29 is 32.2 Å². The largest absolute Gasteiger partial charge is 0.434 e. The molecule has 2 rings (SSSR count). The van der Waals surface area contributed by atoms with E-state index in [1.165, 1.54) is 25.1 Å². The zero-order valence-electron chi connectivity index (χ0n) is 14.1. The minimum absolute atomic E-state index is 0.0436. The lowest BCUT2D eigenvalue weighted by molar-refractivity contribution is -0.206. The van der Waals surface area contributed by atoms with Crippen LogP contribution in [0.4, 0.5) is 28.2 Å². The molecule has 11 heteroatoms. The van der Waals surface area contributed by atoms with Gasteiger partial charge in [-0.25, -0.2) is 19.2 Å². The third-order valence-electron chi connectivity index (χ3n) is 3.35. The van der Waals surface area contributed by atoms with E-state index in [-0.39, 0.29) is 24.0 Å². The Morgan fingerprint density at radius 1 is 1.30 bits per heavy atom. The summed E-state index contributed by atoms with van der Waals surface area (Å²) in [6.45, 7) is 0.467. The van der Waals surface area contributed by atoms with Crippen LogP contribution in [0.5, 0.6) is 11.6 Å². The van der Waals surface area contributed by atoms with Crippen LogP contribution in [0.15, 0.2) is 36.7 Å². The maximum Gasteiger partial charge on any atom is 0.416 e. The van der Waals surface area contributed by atoms with Gasteiger partial charge in [-0.1, -0.05) is 12.1 Å². The number of ether oxygens (including phenoxy) is 1. The summed E-state index contributed by atoms with van der Waals surface area (Å²) in [6.07, 6.45) is -5.28. The summed E-state index contributed by atoms with van der Waals surface area (Å²) < 4.78 is 56.0. The number of nitrogens with one attached hydrogen (secondary N) is 1. The predicted octanol–water partition coefficient (Wildman–Crippen LogP) is 3.19. The Labute approximate surface area is 151 Å². The van der Waals surface area contributed by atoms with Gasteiger partial charge in [-0.15, -0.1) is 0 Å². The molecule has 0 saturated heterocycles. The topological polar surface area (TPSA) is 87.6 Å². The molecule has 0 bridgehead atoms. The number of aromatic nitrogens is 2. The van der Waals surface area contributed by atoms with E-state index in [2.05, 4.69) is 15.3 Å². The van der Waals surface area contributed by atoms with Crippen LogP contribution < -0.4 is 10.1 Å². The summed E-state index contributed by atoms with van der Waals surface area (Å²) in [6, 6.07) is 4.75. The predicted molar refractivity (Wildman–Crippen MR) is 86.8 cm³/mol. The fourth-order valence-corrected chi connectivity index (χ4v) is 1.93. The average molecular weight is 388 g/mol. The van der Waals surface area contributed by atoms with Gasteiger partial charge in [-0.3, -0.25) is 5.32 Å². The first-order valence-corrected chi connectivity index (χ1v) is 7.75. The molecule has 0 aliphatic carbocycles. The zero-order valence-corrected chi connectivity index (χ0v) is 14.1. The Kier molecular flexibility index (Phi) is 6.50. The fraction of sp³-hybridized carbons (Fsp3) is 0.312. The molecule has 0 aliphatic rings. The molecule has 2 amide bonds. The third kappa shape index (κ3) is 5.78. The number of amides is 2. The van der Waals surface area contributed by atoms with Crippen LogP contribution in [-0.4, -0.2) is 51.4 Å². The highest BCUT2D eigenvalue weighted by Gasteiger charge is 2.39. The second kappa shape index (κ2) is 8.62. The highest BCUT2D eigenvalue weighted by Crippen LogP contribution is 2.23. The number of aliphatic hydroxyl groups excluding tert-OH is 1. The monoisotopic (exact) mass is 388 g/mol. The number of rotatable bonds is 6. The molecule has 1 heterocycles. The standard InChI is InChI=1S/C16H16F4N4O3/c1-2-24(9-12(25)16(18,19)20)15(26)23-13-7-22-14(8-21-13)27-11-6-4-3-5-10(11)17/h3-8,12,25H,2,9H2,1H3,(H,21,23,26)/t12-/m1/s1. The lowest BCUT2D eigenvalue weighted by atomic mass is 10.3. The molecule has 1 aromatic heterocycles. The molecule has 146 valence electrons. The average Bonchev–Trinajstić information content (AvgIpc) is 2.62. The van der Waals surface area contributed by atoms with Crippen molar-refractivity contribution in [2.45, 2.75) is 19.2 Å². The van der Waals surface area contributed by atoms with Crippen molar-refractivity contribution in [3.63, 3.8) is 0 Å². The second-order valence-corrected chi connectivity index (χ2v) is 5.30. The van der Waals surface area contributed by atoms with Gasteiger partial charge in [0.05, 0.1) is 18.9 Å². The molecule has 0 saturated carbocycles. The van der Waals surface area contributed by atoms with E-state index in [4.69, 9.17) is 9.84 Å². The maximum atomic E-state index is 13.5. The van der Waals surface area contributed by atoms with Gasteiger partial charge in [0, 0.05) is 6.54 Å². The van der Waals surface area contributed by atoms with E-state index in [1.54, 1.807) is 6.07 Å². The van der Waals surface area contributed by atoms with Gasteiger partial charge < -0.3 is 14.7 Å². The Hall–Kier alpha value is -2.95. The molecule has 0 aliphatic heterocycles.